The molecule has 1 aromatic carbocycles. The van der Waals surface area contributed by atoms with Gasteiger partial charge in [-0.1, -0.05) is 6.07 Å². The van der Waals surface area contributed by atoms with E-state index >= 15 is 0 Å². The number of methoxy groups -OCH3 is 2. The van der Waals surface area contributed by atoms with Crippen molar-refractivity contribution < 1.29 is 9.47 Å². The van der Waals surface area contributed by atoms with Crippen molar-refractivity contribution in [2.45, 2.75) is 0 Å². The van der Waals surface area contributed by atoms with E-state index in [-0.39, 0.29) is 5.56 Å². The van der Waals surface area contributed by atoms with Gasteiger partial charge in [0.05, 0.1) is 19.6 Å². The molecular formula is C14H14N2O3S. The number of nitrogens with zero attached hydrogens (tertiary/aromatic N) is 1. The molecule has 0 saturated heterocycles. The molecule has 5 nitrogen and oxygen atoms in total. The number of thiophene rings is 1. The zero-order valence-electron chi connectivity index (χ0n) is 11.4. The first-order valence-corrected chi connectivity index (χ1v) is 6.92. The van der Waals surface area contributed by atoms with Crippen molar-refractivity contribution >= 4 is 21.6 Å². The highest BCUT2D eigenvalue weighted by Crippen LogP contribution is 2.36. The zero-order valence-corrected chi connectivity index (χ0v) is 12.2. The van der Waals surface area contributed by atoms with Gasteiger partial charge in [0.1, 0.15) is 4.83 Å². The van der Waals surface area contributed by atoms with Crippen LogP contribution in [0.4, 0.5) is 0 Å². The number of aromatic amines is 1. The number of hydrogen-bond donors (Lipinski definition) is 1. The standard InChI is InChI=1S/C14H14N2O3S/c1-16-14(17)12-9(7-20-13(12)15-16)8-4-5-10(18-2)11(6-8)19-3/h4-7,15H,1-3H3. The molecule has 0 amide bonds. The molecule has 20 heavy (non-hydrogen) atoms. The predicted molar refractivity (Wildman–Crippen MR) is 80.0 cm³/mol. The first kappa shape index (κ1) is 12.8. The van der Waals surface area contributed by atoms with Crippen molar-refractivity contribution in [3.8, 4) is 22.6 Å². The van der Waals surface area contributed by atoms with Gasteiger partial charge in [-0.05, 0) is 17.7 Å². The quantitative estimate of drug-likeness (QED) is 0.806. The number of hydrogen-bond acceptors (Lipinski definition) is 4. The fourth-order valence-corrected chi connectivity index (χ4v) is 3.23. The maximum Gasteiger partial charge on any atom is 0.275 e. The highest BCUT2D eigenvalue weighted by molar-refractivity contribution is 7.17. The molecule has 104 valence electrons. The summed E-state index contributed by atoms with van der Waals surface area (Å²) in [5.74, 6) is 1.32. The predicted octanol–water partition coefficient (Wildman–Crippen LogP) is 2.61. The third-order valence-electron chi connectivity index (χ3n) is 3.27. The molecule has 3 aromatic rings. The highest BCUT2D eigenvalue weighted by Gasteiger charge is 2.15. The zero-order chi connectivity index (χ0) is 14.3. The summed E-state index contributed by atoms with van der Waals surface area (Å²) in [5.41, 5.74) is 1.82. The molecule has 0 aliphatic rings. The Morgan fingerprint density at radius 2 is 1.95 bits per heavy atom. The minimum Gasteiger partial charge on any atom is -0.493 e. The van der Waals surface area contributed by atoms with Crippen LogP contribution in [0, 0.1) is 0 Å². The maximum absolute atomic E-state index is 12.1. The number of benzene rings is 1. The van der Waals surface area contributed by atoms with Gasteiger partial charge in [0.15, 0.2) is 11.5 Å². The molecule has 0 spiro atoms. The van der Waals surface area contributed by atoms with Crippen molar-refractivity contribution in [2.24, 2.45) is 7.05 Å². The Balaban J connectivity index is 2.23. The molecule has 0 atom stereocenters. The molecule has 2 heterocycles. The Kier molecular flexibility index (Phi) is 3.02. The lowest BCUT2D eigenvalue weighted by Crippen LogP contribution is -2.11. The van der Waals surface area contributed by atoms with Crippen LogP contribution in [0.2, 0.25) is 0 Å². The van der Waals surface area contributed by atoms with Crippen LogP contribution in [0.25, 0.3) is 21.3 Å². The van der Waals surface area contributed by atoms with Crippen molar-refractivity contribution in [3.63, 3.8) is 0 Å². The molecule has 2 aromatic heterocycles. The van der Waals surface area contributed by atoms with Gasteiger partial charge in [-0.25, -0.2) is 0 Å². The van der Waals surface area contributed by atoms with Crippen LogP contribution in [0.3, 0.4) is 0 Å². The first-order chi connectivity index (χ1) is 9.65. The molecule has 0 saturated carbocycles. The van der Waals surface area contributed by atoms with Gasteiger partial charge in [-0.2, -0.15) is 0 Å². The van der Waals surface area contributed by atoms with Crippen molar-refractivity contribution in [3.05, 3.63) is 33.9 Å². The summed E-state index contributed by atoms with van der Waals surface area (Å²) in [6.07, 6.45) is 0. The number of rotatable bonds is 3. The average molecular weight is 290 g/mol. The summed E-state index contributed by atoms with van der Waals surface area (Å²) in [6, 6.07) is 5.65. The summed E-state index contributed by atoms with van der Waals surface area (Å²) in [4.78, 5) is 13.0. The lowest BCUT2D eigenvalue weighted by Gasteiger charge is -2.08. The molecular weight excluding hydrogens is 276 g/mol. The number of ether oxygens (including phenoxy) is 2. The van der Waals surface area contributed by atoms with E-state index in [9.17, 15) is 4.79 Å². The molecule has 1 N–H and O–H groups in total. The van der Waals surface area contributed by atoms with Crippen LogP contribution < -0.4 is 15.0 Å². The van der Waals surface area contributed by atoms with Gasteiger partial charge in [0.25, 0.3) is 5.56 Å². The van der Waals surface area contributed by atoms with Gasteiger partial charge in [-0.3, -0.25) is 14.6 Å². The average Bonchev–Trinajstić information content (AvgIpc) is 2.99. The Morgan fingerprint density at radius 1 is 1.20 bits per heavy atom. The van der Waals surface area contributed by atoms with Gasteiger partial charge in [0.2, 0.25) is 0 Å². The molecule has 0 unspecified atom stereocenters. The minimum atomic E-state index is -0.0222. The molecule has 0 aliphatic carbocycles. The van der Waals surface area contributed by atoms with E-state index in [1.54, 1.807) is 21.3 Å². The molecule has 0 aliphatic heterocycles. The monoisotopic (exact) mass is 290 g/mol. The van der Waals surface area contributed by atoms with Gasteiger partial charge < -0.3 is 9.47 Å². The van der Waals surface area contributed by atoms with Crippen LogP contribution in [-0.4, -0.2) is 24.0 Å². The number of H-pyrrole nitrogens is 1. The van der Waals surface area contributed by atoms with Crippen LogP contribution in [0.5, 0.6) is 11.5 Å². The SMILES string of the molecule is COc1ccc(-c2csc3[nH]n(C)c(=O)c23)cc1OC. The second kappa shape index (κ2) is 4.72. The Morgan fingerprint density at radius 3 is 2.65 bits per heavy atom. The fraction of sp³-hybridized carbons (Fsp3) is 0.214. The molecule has 3 rings (SSSR count). The van der Waals surface area contributed by atoms with E-state index in [1.807, 2.05) is 23.6 Å². The van der Waals surface area contributed by atoms with Gasteiger partial charge >= 0.3 is 0 Å². The second-order valence-electron chi connectivity index (χ2n) is 4.40. The number of fused-ring (bicyclic) bond motifs is 1. The van der Waals surface area contributed by atoms with Crippen molar-refractivity contribution in [1.29, 1.82) is 0 Å². The van der Waals surface area contributed by atoms with Crippen LogP contribution in [-0.2, 0) is 7.05 Å². The summed E-state index contributed by atoms with van der Waals surface area (Å²) in [6.45, 7) is 0. The maximum atomic E-state index is 12.1. The molecule has 0 radical (unpaired) electrons. The summed E-state index contributed by atoms with van der Waals surface area (Å²) < 4.78 is 12.0. The third kappa shape index (κ3) is 1.80. The second-order valence-corrected chi connectivity index (χ2v) is 5.28. The van der Waals surface area contributed by atoms with E-state index in [2.05, 4.69) is 5.10 Å². The first-order valence-electron chi connectivity index (χ1n) is 6.04. The highest BCUT2D eigenvalue weighted by atomic mass is 32.1. The molecule has 0 bridgehead atoms. The largest absolute Gasteiger partial charge is 0.493 e. The van der Waals surface area contributed by atoms with E-state index in [0.717, 1.165) is 16.0 Å². The lowest BCUT2D eigenvalue weighted by atomic mass is 10.1. The van der Waals surface area contributed by atoms with Crippen LogP contribution in [0.15, 0.2) is 28.4 Å². The Bertz CT molecular complexity index is 829. The van der Waals surface area contributed by atoms with Crippen LogP contribution >= 0.6 is 11.3 Å². The van der Waals surface area contributed by atoms with Crippen molar-refractivity contribution in [1.82, 2.24) is 9.78 Å². The molecule has 6 heteroatoms. The fourth-order valence-electron chi connectivity index (χ4n) is 2.24. The summed E-state index contributed by atoms with van der Waals surface area (Å²) >= 11 is 1.52. The Hall–Kier alpha value is -2.21. The Labute approximate surface area is 119 Å². The lowest BCUT2D eigenvalue weighted by molar-refractivity contribution is 0.355. The summed E-state index contributed by atoms with van der Waals surface area (Å²) in [7, 11) is 4.91. The van der Waals surface area contributed by atoms with Crippen molar-refractivity contribution in [2.75, 3.05) is 14.2 Å². The normalized spacial score (nSPS) is 10.9. The number of aryl methyl sites for hydroxylation is 1. The van der Waals surface area contributed by atoms with E-state index < -0.39 is 0 Å². The van der Waals surface area contributed by atoms with Gasteiger partial charge in [0, 0.05) is 18.0 Å². The van der Waals surface area contributed by atoms with E-state index in [0.29, 0.717) is 16.9 Å². The smallest absolute Gasteiger partial charge is 0.275 e. The summed E-state index contributed by atoms with van der Waals surface area (Å²) in [5, 5.41) is 5.72. The van der Waals surface area contributed by atoms with Crippen LogP contribution in [0.1, 0.15) is 0 Å². The number of aromatic nitrogens is 2. The van der Waals surface area contributed by atoms with E-state index in [4.69, 9.17) is 9.47 Å². The third-order valence-corrected chi connectivity index (χ3v) is 4.16. The molecule has 0 fully saturated rings. The van der Waals surface area contributed by atoms with E-state index in [1.165, 1.54) is 16.0 Å². The number of nitrogens with one attached hydrogen (secondary N) is 1. The topological polar surface area (TPSA) is 56.2 Å². The van der Waals surface area contributed by atoms with Gasteiger partial charge in [-0.15, -0.1) is 11.3 Å². The minimum absolute atomic E-state index is 0.0222.